The van der Waals surface area contributed by atoms with Gasteiger partial charge in [-0.3, -0.25) is 0 Å². The van der Waals surface area contributed by atoms with Crippen molar-refractivity contribution >= 4 is 0 Å². The fourth-order valence-corrected chi connectivity index (χ4v) is 2.14. The minimum absolute atomic E-state index is 0.559. The molecule has 0 fully saturated rings. The maximum Gasteiger partial charge on any atom is 0.123 e. The second kappa shape index (κ2) is 7.32. The summed E-state index contributed by atoms with van der Waals surface area (Å²) in [4.78, 5) is 0. The molecule has 22 heavy (non-hydrogen) atoms. The zero-order valence-corrected chi connectivity index (χ0v) is 12.3. The normalized spacial score (nSPS) is 10.2. The van der Waals surface area contributed by atoms with Crippen molar-refractivity contribution in [3.05, 3.63) is 96.1 Å². The largest absolute Gasteiger partial charge is 0.489 e. The van der Waals surface area contributed by atoms with Gasteiger partial charge in [-0.25, -0.2) is 0 Å². The van der Waals surface area contributed by atoms with Gasteiger partial charge in [0, 0.05) is 6.07 Å². The Morgan fingerprint density at radius 2 is 0.955 bits per heavy atom. The Balaban J connectivity index is 1.58. The van der Waals surface area contributed by atoms with Crippen LogP contribution in [0.15, 0.2) is 84.9 Å². The highest BCUT2D eigenvalue weighted by Crippen LogP contribution is 2.21. The van der Waals surface area contributed by atoms with Crippen LogP contribution in [0.4, 0.5) is 0 Å². The van der Waals surface area contributed by atoms with Gasteiger partial charge >= 0.3 is 0 Å². The highest BCUT2D eigenvalue weighted by molar-refractivity contribution is 5.33. The van der Waals surface area contributed by atoms with Gasteiger partial charge in [-0.05, 0) is 23.3 Å². The van der Waals surface area contributed by atoms with Gasteiger partial charge in [0.2, 0.25) is 0 Å². The Morgan fingerprint density at radius 3 is 1.41 bits per heavy atom. The van der Waals surface area contributed by atoms with Gasteiger partial charge in [0.1, 0.15) is 24.7 Å². The summed E-state index contributed by atoms with van der Waals surface area (Å²) in [6.07, 6.45) is 0. The lowest BCUT2D eigenvalue weighted by Crippen LogP contribution is -1.97. The number of hydrogen-bond acceptors (Lipinski definition) is 2. The van der Waals surface area contributed by atoms with E-state index in [1.807, 2.05) is 60.7 Å². The van der Waals surface area contributed by atoms with Crippen molar-refractivity contribution in [1.29, 1.82) is 0 Å². The molecule has 110 valence electrons. The number of hydrogen-bond donors (Lipinski definition) is 0. The second-order valence-electron chi connectivity index (χ2n) is 5.02. The maximum absolute atomic E-state index is 5.80. The van der Waals surface area contributed by atoms with Crippen molar-refractivity contribution in [3.8, 4) is 11.5 Å². The summed E-state index contributed by atoms with van der Waals surface area (Å²) in [5.74, 6) is 1.63. The van der Waals surface area contributed by atoms with E-state index in [-0.39, 0.29) is 0 Å². The maximum atomic E-state index is 5.80. The second-order valence-corrected chi connectivity index (χ2v) is 5.02. The monoisotopic (exact) mass is 290 g/mol. The fraction of sp³-hybridized carbons (Fsp3) is 0.100. The van der Waals surface area contributed by atoms with E-state index in [9.17, 15) is 0 Å². The average Bonchev–Trinajstić information content (AvgIpc) is 2.60. The van der Waals surface area contributed by atoms with Crippen LogP contribution >= 0.6 is 0 Å². The van der Waals surface area contributed by atoms with Gasteiger partial charge < -0.3 is 9.47 Å². The van der Waals surface area contributed by atoms with Crippen LogP contribution in [-0.4, -0.2) is 0 Å². The average molecular weight is 290 g/mol. The van der Waals surface area contributed by atoms with Gasteiger partial charge in [0.05, 0.1) is 0 Å². The molecule has 0 N–H and O–H groups in total. The molecule has 0 bridgehead atoms. The van der Waals surface area contributed by atoms with E-state index < -0.39 is 0 Å². The van der Waals surface area contributed by atoms with Crippen LogP contribution in [0.1, 0.15) is 11.1 Å². The Kier molecular flexibility index (Phi) is 4.73. The molecule has 0 aliphatic carbocycles. The van der Waals surface area contributed by atoms with Crippen molar-refractivity contribution in [2.45, 2.75) is 13.2 Å². The molecule has 3 rings (SSSR count). The van der Waals surface area contributed by atoms with Crippen LogP contribution in [0.25, 0.3) is 0 Å². The predicted molar refractivity (Wildman–Crippen MR) is 88.0 cm³/mol. The molecule has 0 saturated carbocycles. The first-order chi connectivity index (χ1) is 10.9. The van der Waals surface area contributed by atoms with Crippen molar-refractivity contribution in [1.82, 2.24) is 0 Å². The van der Waals surface area contributed by atoms with E-state index in [0.29, 0.717) is 13.2 Å². The Hall–Kier alpha value is -2.74. The van der Waals surface area contributed by atoms with E-state index in [1.165, 1.54) is 0 Å². The first-order valence-corrected chi connectivity index (χ1v) is 7.34. The molecule has 0 spiro atoms. The smallest absolute Gasteiger partial charge is 0.123 e. The van der Waals surface area contributed by atoms with Crippen LogP contribution in [0.3, 0.4) is 0 Å². The third-order valence-corrected chi connectivity index (χ3v) is 3.30. The molecule has 0 amide bonds. The molecule has 0 aromatic heterocycles. The molecule has 2 heteroatoms. The molecule has 0 radical (unpaired) electrons. The lowest BCUT2D eigenvalue weighted by Gasteiger charge is -2.10. The molecule has 3 aromatic rings. The third-order valence-electron chi connectivity index (χ3n) is 3.30. The van der Waals surface area contributed by atoms with Crippen LogP contribution in [0, 0.1) is 0 Å². The zero-order valence-electron chi connectivity index (χ0n) is 12.3. The summed E-state index contributed by atoms with van der Waals surface area (Å²) in [5, 5.41) is 0. The molecule has 0 aliphatic heterocycles. The highest BCUT2D eigenvalue weighted by Gasteiger charge is 2.00. The molecule has 0 saturated heterocycles. The standard InChI is InChI=1S/C20H18O2/c1-3-8-17(9-4-1)15-21-19-12-7-13-20(14-19)22-16-18-10-5-2-6-11-18/h1-14H,15-16H2. The van der Waals surface area contributed by atoms with Crippen LogP contribution in [0.5, 0.6) is 11.5 Å². The van der Waals surface area contributed by atoms with E-state index in [4.69, 9.17) is 9.47 Å². The summed E-state index contributed by atoms with van der Waals surface area (Å²) < 4.78 is 11.6. The number of benzene rings is 3. The first-order valence-electron chi connectivity index (χ1n) is 7.34. The lowest BCUT2D eigenvalue weighted by molar-refractivity contribution is 0.290. The molecular formula is C20H18O2. The summed E-state index contributed by atoms with van der Waals surface area (Å²) >= 11 is 0. The molecule has 2 nitrogen and oxygen atoms in total. The van der Waals surface area contributed by atoms with Crippen LogP contribution < -0.4 is 9.47 Å². The number of rotatable bonds is 6. The number of ether oxygens (including phenoxy) is 2. The Bertz CT molecular complexity index is 634. The topological polar surface area (TPSA) is 18.5 Å². The van der Waals surface area contributed by atoms with Crippen molar-refractivity contribution in [3.63, 3.8) is 0 Å². The van der Waals surface area contributed by atoms with Gasteiger partial charge in [-0.2, -0.15) is 0 Å². The summed E-state index contributed by atoms with van der Waals surface area (Å²) in [6.45, 7) is 1.12. The van der Waals surface area contributed by atoms with Crippen molar-refractivity contribution < 1.29 is 9.47 Å². The Labute approximate surface area is 131 Å². The summed E-state index contributed by atoms with van der Waals surface area (Å²) in [5.41, 5.74) is 2.30. The molecule has 0 atom stereocenters. The quantitative estimate of drug-likeness (QED) is 0.646. The third kappa shape index (κ3) is 4.13. The predicted octanol–water partition coefficient (Wildman–Crippen LogP) is 4.84. The Morgan fingerprint density at radius 1 is 0.500 bits per heavy atom. The van der Waals surface area contributed by atoms with E-state index in [2.05, 4.69) is 24.3 Å². The van der Waals surface area contributed by atoms with Gasteiger partial charge in [-0.15, -0.1) is 0 Å². The zero-order chi connectivity index (χ0) is 15.0. The molecule has 0 aliphatic rings. The highest BCUT2D eigenvalue weighted by atomic mass is 16.5. The minimum atomic E-state index is 0.559. The van der Waals surface area contributed by atoms with Gasteiger partial charge in [-0.1, -0.05) is 66.7 Å². The van der Waals surface area contributed by atoms with Crippen molar-refractivity contribution in [2.75, 3.05) is 0 Å². The molecule has 0 unspecified atom stereocenters. The summed E-state index contributed by atoms with van der Waals surface area (Å²) in [7, 11) is 0. The van der Waals surface area contributed by atoms with Crippen molar-refractivity contribution in [2.24, 2.45) is 0 Å². The van der Waals surface area contributed by atoms with Gasteiger partial charge in [0.25, 0.3) is 0 Å². The molecule has 3 aromatic carbocycles. The van der Waals surface area contributed by atoms with E-state index >= 15 is 0 Å². The minimum Gasteiger partial charge on any atom is -0.489 e. The first kappa shape index (κ1) is 14.2. The van der Waals surface area contributed by atoms with Crippen LogP contribution in [0.2, 0.25) is 0 Å². The fourth-order valence-electron chi connectivity index (χ4n) is 2.14. The van der Waals surface area contributed by atoms with E-state index in [0.717, 1.165) is 22.6 Å². The van der Waals surface area contributed by atoms with E-state index in [1.54, 1.807) is 0 Å². The SMILES string of the molecule is c1ccc(COc2cccc(OCc3ccccc3)c2)cc1. The lowest BCUT2D eigenvalue weighted by atomic mass is 10.2. The summed E-state index contributed by atoms with van der Waals surface area (Å²) in [6, 6.07) is 28.0. The van der Waals surface area contributed by atoms with Gasteiger partial charge in [0.15, 0.2) is 0 Å². The molecular weight excluding hydrogens is 272 g/mol. The van der Waals surface area contributed by atoms with Crippen LogP contribution in [-0.2, 0) is 13.2 Å². The molecule has 0 heterocycles.